The molecule has 0 saturated carbocycles. The summed E-state index contributed by atoms with van der Waals surface area (Å²) in [5.74, 6) is 0. The van der Waals surface area contributed by atoms with E-state index in [1.807, 2.05) is 0 Å². The van der Waals surface area contributed by atoms with Crippen molar-refractivity contribution >= 4 is 0 Å². The second-order valence-corrected chi connectivity index (χ2v) is 3.76. The molecule has 1 fully saturated rings. The molecule has 1 atom stereocenters. The van der Waals surface area contributed by atoms with Crippen LogP contribution in [0.2, 0.25) is 0 Å². The number of rotatable bonds is 6. The zero-order valence-electron chi connectivity index (χ0n) is 9.29. The van der Waals surface area contributed by atoms with Gasteiger partial charge in [-0.2, -0.15) is 0 Å². The number of nitrogens with one attached hydrogen (secondary N) is 1. The molecule has 0 amide bonds. The van der Waals surface area contributed by atoms with Crippen LogP contribution in [0.5, 0.6) is 0 Å². The molecule has 14 heavy (non-hydrogen) atoms. The van der Waals surface area contributed by atoms with E-state index in [1.54, 1.807) is 7.11 Å². The van der Waals surface area contributed by atoms with E-state index in [1.165, 1.54) is 0 Å². The summed E-state index contributed by atoms with van der Waals surface area (Å²) in [6.45, 7) is 8.84. The maximum Gasteiger partial charge on any atom is 0.0700 e. The van der Waals surface area contributed by atoms with Crippen molar-refractivity contribution in [1.82, 2.24) is 10.2 Å². The Morgan fingerprint density at radius 3 is 2.93 bits per heavy atom. The van der Waals surface area contributed by atoms with E-state index < -0.39 is 0 Å². The number of hydrogen-bond donors (Lipinski definition) is 1. The summed E-state index contributed by atoms with van der Waals surface area (Å²) in [6, 6.07) is 0.614. The Morgan fingerprint density at radius 1 is 1.36 bits per heavy atom. The highest BCUT2D eigenvalue weighted by Crippen LogP contribution is 1.97. The van der Waals surface area contributed by atoms with Crippen LogP contribution >= 0.6 is 0 Å². The lowest BCUT2D eigenvalue weighted by Gasteiger charge is -2.31. The first-order chi connectivity index (χ1) is 6.83. The van der Waals surface area contributed by atoms with Crippen molar-refractivity contribution in [3.63, 3.8) is 0 Å². The molecule has 0 aliphatic carbocycles. The van der Waals surface area contributed by atoms with E-state index in [0.29, 0.717) is 19.3 Å². The van der Waals surface area contributed by atoms with E-state index in [4.69, 9.17) is 9.47 Å². The first-order valence-electron chi connectivity index (χ1n) is 5.35. The van der Waals surface area contributed by atoms with Crippen LogP contribution in [-0.4, -0.2) is 64.1 Å². The smallest absolute Gasteiger partial charge is 0.0700 e. The third-order valence-electron chi connectivity index (χ3n) is 2.44. The Hall–Kier alpha value is -0.160. The van der Waals surface area contributed by atoms with Gasteiger partial charge >= 0.3 is 0 Å². The van der Waals surface area contributed by atoms with Crippen molar-refractivity contribution in [1.29, 1.82) is 0 Å². The molecular weight excluding hydrogens is 180 g/mol. The Labute approximate surface area is 86.6 Å². The molecule has 0 aromatic heterocycles. The van der Waals surface area contributed by atoms with Gasteiger partial charge in [0.15, 0.2) is 0 Å². The van der Waals surface area contributed by atoms with Crippen LogP contribution in [0.4, 0.5) is 0 Å². The number of hydrogen-bond acceptors (Lipinski definition) is 4. The molecule has 1 aliphatic rings. The molecule has 0 bridgehead atoms. The third-order valence-corrected chi connectivity index (χ3v) is 2.44. The van der Waals surface area contributed by atoms with Gasteiger partial charge in [0.2, 0.25) is 0 Å². The fraction of sp³-hybridized carbons (Fsp3) is 1.00. The van der Waals surface area contributed by atoms with Crippen LogP contribution in [0.1, 0.15) is 6.92 Å². The summed E-state index contributed by atoms with van der Waals surface area (Å²) in [4.78, 5) is 2.44. The summed E-state index contributed by atoms with van der Waals surface area (Å²) in [5, 5.41) is 3.42. The van der Waals surface area contributed by atoms with Gasteiger partial charge in [-0.15, -0.1) is 0 Å². The fourth-order valence-electron chi connectivity index (χ4n) is 1.65. The van der Waals surface area contributed by atoms with Gasteiger partial charge in [-0.3, -0.25) is 4.90 Å². The number of piperazine rings is 1. The van der Waals surface area contributed by atoms with E-state index >= 15 is 0 Å². The molecule has 1 rings (SSSR count). The molecule has 0 spiro atoms. The minimum absolute atomic E-state index is 0.614. The molecule has 0 radical (unpaired) electrons. The van der Waals surface area contributed by atoms with Crippen molar-refractivity contribution in [2.45, 2.75) is 13.0 Å². The molecule has 0 aromatic rings. The number of nitrogens with zero attached hydrogens (tertiary/aromatic N) is 1. The second kappa shape index (κ2) is 7.17. The monoisotopic (exact) mass is 202 g/mol. The molecule has 4 nitrogen and oxygen atoms in total. The predicted octanol–water partition coefficient (Wildman–Crippen LogP) is -0.0569. The average molecular weight is 202 g/mol. The van der Waals surface area contributed by atoms with Crippen molar-refractivity contribution in [2.75, 3.05) is 53.1 Å². The normalized spacial score (nSPS) is 24.0. The number of ether oxygens (including phenoxy) is 2. The summed E-state index contributed by atoms with van der Waals surface area (Å²) in [7, 11) is 1.70. The Bertz CT molecular complexity index is 144. The first kappa shape index (κ1) is 11.9. The van der Waals surface area contributed by atoms with E-state index in [-0.39, 0.29) is 0 Å². The van der Waals surface area contributed by atoms with Crippen molar-refractivity contribution in [3.8, 4) is 0 Å². The highest BCUT2D eigenvalue weighted by atomic mass is 16.5. The molecule has 1 aliphatic heterocycles. The Balaban J connectivity index is 1.95. The van der Waals surface area contributed by atoms with Crippen molar-refractivity contribution in [3.05, 3.63) is 0 Å². The van der Waals surface area contributed by atoms with Gasteiger partial charge in [0.1, 0.15) is 0 Å². The Kier molecular flexibility index (Phi) is 6.10. The second-order valence-electron chi connectivity index (χ2n) is 3.76. The predicted molar refractivity (Wildman–Crippen MR) is 56.6 cm³/mol. The summed E-state index contributed by atoms with van der Waals surface area (Å²) < 4.78 is 10.3. The van der Waals surface area contributed by atoms with Crippen molar-refractivity contribution < 1.29 is 9.47 Å². The van der Waals surface area contributed by atoms with Gasteiger partial charge in [0.25, 0.3) is 0 Å². The molecular formula is C10H22N2O2. The fourth-order valence-corrected chi connectivity index (χ4v) is 1.65. The Morgan fingerprint density at radius 2 is 2.21 bits per heavy atom. The lowest BCUT2D eigenvalue weighted by atomic mass is 10.2. The number of methoxy groups -OCH3 is 1. The van der Waals surface area contributed by atoms with E-state index in [9.17, 15) is 0 Å². The van der Waals surface area contributed by atoms with Gasteiger partial charge in [0, 0.05) is 39.3 Å². The molecule has 1 saturated heterocycles. The standard InChI is InChI=1S/C10H22N2O2/c1-10-9-12(4-3-11-10)5-6-14-8-7-13-2/h10-11H,3-9H2,1-2H3. The van der Waals surface area contributed by atoms with Crippen LogP contribution in [0.3, 0.4) is 0 Å². The third kappa shape index (κ3) is 4.91. The van der Waals surface area contributed by atoms with Gasteiger partial charge in [0.05, 0.1) is 19.8 Å². The highest BCUT2D eigenvalue weighted by molar-refractivity contribution is 4.74. The summed E-state index contributed by atoms with van der Waals surface area (Å²) >= 11 is 0. The summed E-state index contributed by atoms with van der Waals surface area (Å²) in [6.07, 6.45) is 0. The van der Waals surface area contributed by atoms with Crippen LogP contribution in [0.25, 0.3) is 0 Å². The summed E-state index contributed by atoms with van der Waals surface area (Å²) in [5.41, 5.74) is 0. The van der Waals surface area contributed by atoms with E-state index in [0.717, 1.165) is 32.8 Å². The maximum atomic E-state index is 5.42. The van der Waals surface area contributed by atoms with E-state index in [2.05, 4.69) is 17.1 Å². The molecule has 1 unspecified atom stereocenters. The molecule has 1 heterocycles. The van der Waals surface area contributed by atoms with Crippen LogP contribution in [0, 0.1) is 0 Å². The highest BCUT2D eigenvalue weighted by Gasteiger charge is 2.14. The molecule has 0 aromatic carbocycles. The van der Waals surface area contributed by atoms with Gasteiger partial charge in [-0.05, 0) is 6.92 Å². The molecule has 1 N–H and O–H groups in total. The minimum Gasteiger partial charge on any atom is -0.382 e. The van der Waals surface area contributed by atoms with Gasteiger partial charge < -0.3 is 14.8 Å². The topological polar surface area (TPSA) is 33.7 Å². The van der Waals surface area contributed by atoms with Crippen LogP contribution in [-0.2, 0) is 9.47 Å². The lowest BCUT2D eigenvalue weighted by molar-refractivity contribution is 0.0529. The van der Waals surface area contributed by atoms with Crippen LogP contribution in [0.15, 0.2) is 0 Å². The lowest BCUT2D eigenvalue weighted by Crippen LogP contribution is -2.49. The minimum atomic E-state index is 0.614. The first-order valence-corrected chi connectivity index (χ1v) is 5.35. The van der Waals surface area contributed by atoms with Crippen molar-refractivity contribution in [2.24, 2.45) is 0 Å². The SMILES string of the molecule is COCCOCCN1CCNC(C)C1. The maximum absolute atomic E-state index is 5.42. The molecule has 4 heteroatoms. The molecule has 84 valence electrons. The average Bonchev–Trinajstić information content (AvgIpc) is 2.18. The van der Waals surface area contributed by atoms with Crippen LogP contribution < -0.4 is 5.32 Å². The van der Waals surface area contributed by atoms with Gasteiger partial charge in [-0.1, -0.05) is 0 Å². The zero-order chi connectivity index (χ0) is 10.2. The largest absolute Gasteiger partial charge is 0.382 e. The quantitative estimate of drug-likeness (QED) is 0.612. The van der Waals surface area contributed by atoms with Gasteiger partial charge in [-0.25, -0.2) is 0 Å². The zero-order valence-corrected chi connectivity index (χ0v) is 9.29.